The van der Waals surface area contributed by atoms with Gasteiger partial charge in [-0.05, 0) is 0 Å². The summed E-state index contributed by atoms with van der Waals surface area (Å²) in [7, 11) is 0. The molecule has 0 atom stereocenters. The van der Waals surface area contributed by atoms with Gasteiger partial charge < -0.3 is 5.11 Å². The average molecular weight is 305 g/mol. The number of hydrogen-bond donors (Lipinski definition) is 1. The summed E-state index contributed by atoms with van der Waals surface area (Å²) in [5.41, 5.74) is 0. The maximum atomic E-state index is 9.25. The van der Waals surface area contributed by atoms with Gasteiger partial charge in [-0.25, -0.2) is 4.79 Å². The number of unbranched alkanes of at least 4 members (excludes halogenated alkanes) is 2. The van der Waals surface area contributed by atoms with Gasteiger partial charge in [0, 0.05) is 6.08 Å². The van der Waals surface area contributed by atoms with Crippen molar-refractivity contribution in [3.63, 3.8) is 0 Å². The van der Waals surface area contributed by atoms with E-state index in [0.717, 1.165) is 6.08 Å². The van der Waals surface area contributed by atoms with Crippen molar-refractivity contribution in [1.29, 1.82) is 0 Å². The fourth-order valence-electron chi connectivity index (χ4n) is 0.729. The van der Waals surface area contributed by atoms with Crippen LogP contribution in [0.15, 0.2) is 12.7 Å². The van der Waals surface area contributed by atoms with Gasteiger partial charge >= 0.3 is 75.5 Å². The van der Waals surface area contributed by atoms with Crippen molar-refractivity contribution in [2.45, 2.75) is 48.4 Å². The molecule has 0 aromatic carbocycles. The quantitative estimate of drug-likeness (QED) is 0.445. The number of carbonyl (C=O) groups is 1. The molecule has 0 amide bonds. The van der Waals surface area contributed by atoms with E-state index in [1.54, 1.807) is 8.87 Å². The summed E-state index contributed by atoms with van der Waals surface area (Å²) in [6.07, 6.45) is 6.67. The molecule has 0 saturated heterocycles. The van der Waals surface area contributed by atoms with Gasteiger partial charge in [0.15, 0.2) is 0 Å². The van der Waals surface area contributed by atoms with Crippen molar-refractivity contribution in [3.05, 3.63) is 12.7 Å². The van der Waals surface area contributed by atoms with Crippen molar-refractivity contribution >= 4 is 27.1 Å². The molecule has 0 fully saturated rings. The first kappa shape index (κ1) is 16.4. The van der Waals surface area contributed by atoms with Gasteiger partial charge in [0.25, 0.3) is 0 Å². The summed E-state index contributed by atoms with van der Waals surface area (Å²) in [5.74, 6) is -0.981. The van der Waals surface area contributed by atoms with Crippen molar-refractivity contribution < 1.29 is 9.90 Å². The summed E-state index contributed by atoms with van der Waals surface area (Å²) in [5, 5.41) is 7.60. The minimum absolute atomic E-state index is 0.149. The number of carboxylic acids is 1. The number of rotatable bonds is 7. The maximum absolute atomic E-state index is 9.25. The van der Waals surface area contributed by atoms with Gasteiger partial charge in [0.1, 0.15) is 0 Å². The third kappa shape index (κ3) is 22.7. The Hall–Kier alpha value is 0.00870. The van der Waals surface area contributed by atoms with E-state index in [2.05, 4.69) is 20.4 Å². The van der Waals surface area contributed by atoms with Crippen LogP contribution in [-0.2, 0) is 4.79 Å². The first-order valence-corrected chi connectivity index (χ1v) is 9.28. The Balaban J connectivity index is 0. The van der Waals surface area contributed by atoms with Crippen molar-refractivity contribution in [1.82, 2.24) is 0 Å². The van der Waals surface area contributed by atoms with Gasteiger partial charge in [0.05, 0.1) is 0 Å². The van der Waals surface area contributed by atoms with E-state index in [-0.39, 0.29) is 21.1 Å². The van der Waals surface area contributed by atoms with Gasteiger partial charge in [0.2, 0.25) is 0 Å². The SMILES string of the molecule is C=CC(=O)O.CCC[CH2][Sn][CH2]CCC. The molecule has 0 heterocycles. The van der Waals surface area contributed by atoms with Gasteiger partial charge in [-0.2, -0.15) is 0 Å². The zero-order chi connectivity index (χ0) is 11.2. The molecule has 3 heteroatoms. The molecular weight excluding hydrogens is 283 g/mol. The molecule has 0 aliphatic carbocycles. The Morgan fingerprint density at radius 3 is 1.86 bits per heavy atom. The van der Waals surface area contributed by atoms with E-state index < -0.39 is 5.97 Å². The molecule has 0 aliphatic heterocycles. The summed E-state index contributed by atoms with van der Waals surface area (Å²) < 4.78 is 3.25. The summed E-state index contributed by atoms with van der Waals surface area (Å²) in [6, 6.07) is 0. The Bertz CT molecular complexity index is 129. The average Bonchev–Trinajstić information content (AvgIpc) is 2.19. The Kier molecular flexibility index (Phi) is 18.2. The van der Waals surface area contributed by atoms with Crippen LogP contribution in [0.4, 0.5) is 0 Å². The molecule has 0 aromatic rings. The topological polar surface area (TPSA) is 37.3 Å². The van der Waals surface area contributed by atoms with Crippen molar-refractivity contribution in [3.8, 4) is 0 Å². The summed E-state index contributed by atoms with van der Waals surface area (Å²) in [4.78, 5) is 9.25. The van der Waals surface area contributed by atoms with E-state index in [0.29, 0.717) is 0 Å². The fraction of sp³-hybridized carbons (Fsp3) is 0.727. The standard InChI is InChI=1S/2C4H9.C3H4O2.Sn/c2*1-3-4-2;1-2-3(4)5;/h2*1,3-4H2,2H3;2H,1H2,(H,4,5);. The molecule has 0 spiro atoms. The molecule has 2 radical (unpaired) electrons. The van der Waals surface area contributed by atoms with Crippen LogP contribution >= 0.6 is 0 Å². The fourth-order valence-corrected chi connectivity index (χ4v) is 4.89. The Morgan fingerprint density at radius 2 is 1.64 bits per heavy atom. The van der Waals surface area contributed by atoms with Crippen LogP contribution in [0.3, 0.4) is 0 Å². The third-order valence-corrected chi connectivity index (χ3v) is 5.63. The van der Waals surface area contributed by atoms with Crippen LogP contribution in [0.5, 0.6) is 0 Å². The normalized spacial score (nSPS) is 8.71. The first-order chi connectivity index (χ1) is 6.68. The van der Waals surface area contributed by atoms with Crippen LogP contribution in [0.25, 0.3) is 0 Å². The second kappa shape index (κ2) is 15.5. The predicted octanol–water partition coefficient (Wildman–Crippen LogP) is 3.38. The summed E-state index contributed by atoms with van der Waals surface area (Å²) >= 11 is 0.149. The number of hydrogen-bond acceptors (Lipinski definition) is 1. The molecule has 0 aromatic heterocycles. The monoisotopic (exact) mass is 306 g/mol. The Labute approximate surface area is 98.0 Å². The first-order valence-electron chi connectivity index (χ1n) is 5.25. The molecule has 0 unspecified atom stereocenters. The van der Waals surface area contributed by atoms with Crippen LogP contribution in [0.1, 0.15) is 39.5 Å². The van der Waals surface area contributed by atoms with E-state index in [1.165, 1.54) is 25.7 Å². The molecule has 0 rings (SSSR count). The zero-order valence-electron chi connectivity index (χ0n) is 9.38. The molecule has 2 nitrogen and oxygen atoms in total. The van der Waals surface area contributed by atoms with Crippen LogP contribution in [0, 0.1) is 0 Å². The predicted molar refractivity (Wildman–Crippen MR) is 63.0 cm³/mol. The molecule has 82 valence electrons. The Morgan fingerprint density at radius 1 is 1.29 bits per heavy atom. The van der Waals surface area contributed by atoms with Gasteiger partial charge in [-0.1, -0.05) is 6.58 Å². The van der Waals surface area contributed by atoms with E-state index >= 15 is 0 Å². The second-order valence-electron chi connectivity index (χ2n) is 3.00. The third-order valence-electron chi connectivity index (χ3n) is 1.59. The van der Waals surface area contributed by atoms with E-state index in [4.69, 9.17) is 5.11 Å². The number of aliphatic carboxylic acids is 1. The van der Waals surface area contributed by atoms with E-state index in [1.807, 2.05) is 0 Å². The molecule has 14 heavy (non-hydrogen) atoms. The van der Waals surface area contributed by atoms with Crippen LogP contribution < -0.4 is 0 Å². The molecule has 0 aliphatic rings. The molecule has 0 saturated carbocycles. The van der Waals surface area contributed by atoms with Crippen molar-refractivity contribution in [2.75, 3.05) is 0 Å². The molecular formula is C11H22O2Sn. The van der Waals surface area contributed by atoms with Crippen LogP contribution in [0.2, 0.25) is 8.87 Å². The van der Waals surface area contributed by atoms with E-state index in [9.17, 15) is 4.79 Å². The molecule has 1 N–H and O–H groups in total. The van der Waals surface area contributed by atoms with Gasteiger partial charge in [-0.15, -0.1) is 0 Å². The number of carboxylic acid groups (broad SMARTS) is 1. The zero-order valence-corrected chi connectivity index (χ0v) is 12.2. The summed E-state index contributed by atoms with van der Waals surface area (Å²) in [6.45, 7) is 7.54. The van der Waals surface area contributed by atoms with Crippen LogP contribution in [-0.4, -0.2) is 32.2 Å². The second-order valence-corrected chi connectivity index (χ2v) is 7.28. The molecule has 0 bridgehead atoms. The minimum atomic E-state index is -0.981. The van der Waals surface area contributed by atoms with Crippen molar-refractivity contribution in [2.24, 2.45) is 0 Å². The van der Waals surface area contributed by atoms with Gasteiger partial charge in [-0.3, -0.25) is 0 Å².